The van der Waals surface area contributed by atoms with Gasteiger partial charge in [-0.3, -0.25) is 9.89 Å². The number of nitrogens with zero attached hydrogens (tertiary/aromatic N) is 3. The molecule has 0 spiro atoms. The van der Waals surface area contributed by atoms with Crippen LogP contribution in [0.2, 0.25) is 5.15 Å². The van der Waals surface area contributed by atoms with Gasteiger partial charge in [-0.2, -0.15) is 5.10 Å². The molecule has 0 radical (unpaired) electrons. The van der Waals surface area contributed by atoms with Crippen molar-refractivity contribution in [2.75, 3.05) is 5.32 Å². The van der Waals surface area contributed by atoms with E-state index in [4.69, 9.17) is 11.6 Å². The number of halogens is 1. The van der Waals surface area contributed by atoms with Crippen LogP contribution in [-0.2, 0) is 0 Å². The van der Waals surface area contributed by atoms with Crippen molar-refractivity contribution in [2.24, 2.45) is 0 Å². The second-order valence-electron chi connectivity index (χ2n) is 5.60. The van der Waals surface area contributed by atoms with Gasteiger partial charge in [0.1, 0.15) is 10.8 Å². The molecule has 0 saturated carbocycles. The summed E-state index contributed by atoms with van der Waals surface area (Å²) in [6.07, 6.45) is 1.41. The molecule has 124 valence electrons. The molecule has 0 bridgehead atoms. The second-order valence-corrected chi connectivity index (χ2v) is 5.98. The lowest BCUT2D eigenvalue weighted by atomic mass is 10.2. The van der Waals surface area contributed by atoms with Gasteiger partial charge in [0.15, 0.2) is 11.6 Å². The summed E-state index contributed by atoms with van der Waals surface area (Å²) in [5.74, 6) is 0.732. The van der Waals surface area contributed by atoms with Crippen LogP contribution in [0.5, 0.6) is 0 Å². The summed E-state index contributed by atoms with van der Waals surface area (Å²) in [5, 5.41) is 10.0. The van der Waals surface area contributed by atoms with E-state index in [-0.39, 0.29) is 5.91 Å². The van der Waals surface area contributed by atoms with E-state index >= 15 is 0 Å². The Morgan fingerprint density at radius 2 is 2.08 bits per heavy atom. The van der Waals surface area contributed by atoms with Crippen LogP contribution in [0.4, 0.5) is 5.82 Å². The lowest BCUT2D eigenvalue weighted by molar-refractivity contribution is 0.102. The van der Waals surface area contributed by atoms with Gasteiger partial charge in [0.25, 0.3) is 5.91 Å². The van der Waals surface area contributed by atoms with E-state index in [1.165, 1.54) is 6.20 Å². The standard InChI is InChI=1S/C17H13ClN6O/c1-9-2-4-11-12(6-9)21-16(20-11)13-7-15(24-23-13)22-17(25)10-3-5-14(18)19-8-10/h2-8H,1H3,(H,20,21)(H2,22,23,24,25). The Bertz CT molecular complexity index is 1070. The zero-order valence-corrected chi connectivity index (χ0v) is 13.9. The minimum absolute atomic E-state index is 0.317. The number of carbonyl (C=O) groups is 1. The number of aromatic amines is 2. The van der Waals surface area contributed by atoms with Gasteiger partial charge in [0, 0.05) is 12.3 Å². The Balaban J connectivity index is 1.56. The fourth-order valence-electron chi connectivity index (χ4n) is 2.46. The molecule has 3 heterocycles. The topological polar surface area (TPSA) is 99.3 Å². The first-order chi connectivity index (χ1) is 12.1. The van der Waals surface area contributed by atoms with Crippen molar-refractivity contribution >= 4 is 34.4 Å². The number of hydrogen-bond acceptors (Lipinski definition) is 4. The molecule has 0 fully saturated rings. The third kappa shape index (κ3) is 3.09. The first-order valence-electron chi connectivity index (χ1n) is 7.53. The van der Waals surface area contributed by atoms with E-state index in [0.717, 1.165) is 16.6 Å². The maximum atomic E-state index is 12.2. The van der Waals surface area contributed by atoms with Gasteiger partial charge in [-0.1, -0.05) is 17.7 Å². The Morgan fingerprint density at radius 3 is 2.88 bits per heavy atom. The monoisotopic (exact) mass is 352 g/mol. The maximum Gasteiger partial charge on any atom is 0.258 e. The van der Waals surface area contributed by atoms with Crippen molar-refractivity contribution in [3.63, 3.8) is 0 Å². The van der Waals surface area contributed by atoms with Gasteiger partial charge in [0.2, 0.25) is 0 Å². The molecule has 8 heteroatoms. The largest absolute Gasteiger partial charge is 0.337 e. The van der Waals surface area contributed by atoms with Crippen molar-refractivity contribution < 1.29 is 4.79 Å². The number of carbonyl (C=O) groups excluding carboxylic acids is 1. The number of aryl methyl sites for hydroxylation is 1. The lowest BCUT2D eigenvalue weighted by Crippen LogP contribution is -2.12. The molecular weight excluding hydrogens is 340 g/mol. The molecule has 0 aliphatic heterocycles. The van der Waals surface area contributed by atoms with Crippen molar-refractivity contribution in [2.45, 2.75) is 6.92 Å². The zero-order chi connectivity index (χ0) is 17.4. The number of rotatable bonds is 3. The summed E-state index contributed by atoms with van der Waals surface area (Å²) in [4.78, 5) is 23.8. The first kappa shape index (κ1) is 15.3. The number of amides is 1. The molecule has 1 amide bonds. The predicted octanol–water partition coefficient (Wildman–Crippen LogP) is 3.56. The van der Waals surface area contributed by atoms with Crippen LogP contribution in [0.15, 0.2) is 42.6 Å². The van der Waals surface area contributed by atoms with Crippen molar-refractivity contribution in [1.29, 1.82) is 0 Å². The van der Waals surface area contributed by atoms with Crippen LogP contribution in [0.1, 0.15) is 15.9 Å². The highest BCUT2D eigenvalue weighted by Crippen LogP contribution is 2.21. The minimum atomic E-state index is -0.317. The normalized spacial score (nSPS) is 11.0. The molecule has 3 N–H and O–H groups in total. The smallest absolute Gasteiger partial charge is 0.258 e. The molecule has 3 aromatic heterocycles. The van der Waals surface area contributed by atoms with E-state index in [1.807, 2.05) is 25.1 Å². The average molecular weight is 353 g/mol. The number of pyridine rings is 1. The van der Waals surface area contributed by atoms with Gasteiger partial charge in [-0.05, 0) is 36.8 Å². The number of benzene rings is 1. The Morgan fingerprint density at radius 1 is 1.20 bits per heavy atom. The minimum Gasteiger partial charge on any atom is -0.337 e. The summed E-state index contributed by atoms with van der Waals surface area (Å²) in [7, 11) is 0. The fraction of sp³-hybridized carbons (Fsp3) is 0.0588. The molecular formula is C17H13ClN6O. The molecule has 0 unspecified atom stereocenters. The molecule has 0 aliphatic rings. The lowest BCUT2D eigenvalue weighted by Gasteiger charge is -2.00. The maximum absolute atomic E-state index is 12.2. The molecule has 0 atom stereocenters. The SMILES string of the molecule is Cc1ccc2nc(-c3cc(NC(=O)c4ccc(Cl)nc4)n[nH]3)[nH]c2c1. The average Bonchev–Trinajstić information content (AvgIpc) is 3.21. The highest BCUT2D eigenvalue weighted by molar-refractivity contribution is 6.29. The summed E-state index contributed by atoms with van der Waals surface area (Å²) >= 11 is 5.72. The number of fused-ring (bicyclic) bond motifs is 1. The van der Waals surface area contributed by atoms with Crippen LogP contribution in [0.25, 0.3) is 22.6 Å². The highest BCUT2D eigenvalue weighted by Gasteiger charge is 2.12. The van der Waals surface area contributed by atoms with E-state index < -0.39 is 0 Å². The third-order valence-corrected chi connectivity index (χ3v) is 3.93. The van der Waals surface area contributed by atoms with E-state index in [2.05, 4.69) is 30.5 Å². The second kappa shape index (κ2) is 6.03. The number of imidazole rings is 1. The van der Waals surface area contributed by atoms with Crippen LogP contribution >= 0.6 is 11.6 Å². The van der Waals surface area contributed by atoms with E-state index in [0.29, 0.717) is 28.1 Å². The number of H-pyrrole nitrogens is 2. The number of nitrogens with one attached hydrogen (secondary N) is 3. The summed E-state index contributed by atoms with van der Waals surface area (Å²) < 4.78 is 0. The molecule has 7 nitrogen and oxygen atoms in total. The summed E-state index contributed by atoms with van der Waals surface area (Å²) in [5.41, 5.74) is 4.04. The van der Waals surface area contributed by atoms with Gasteiger partial charge in [0.05, 0.1) is 16.6 Å². The molecule has 4 rings (SSSR count). The Kier molecular flexibility index (Phi) is 3.70. The van der Waals surface area contributed by atoms with Gasteiger partial charge >= 0.3 is 0 Å². The van der Waals surface area contributed by atoms with Gasteiger partial charge in [-0.15, -0.1) is 0 Å². The van der Waals surface area contributed by atoms with Crippen molar-refractivity contribution in [1.82, 2.24) is 25.1 Å². The zero-order valence-electron chi connectivity index (χ0n) is 13.2. The number of hydrogen-bond donors (Lipinski definition) is 3. The fourth-order valence-corrected chi connectivity index (χ4v) is 2.57. The van der Waals surface area contributed by atoms with Crippen LogP contribution in [-0.4, -0.2) is 31.1 Å². The summed E-state index contributed by atoms with van der Waals surface area (Å²) in [6.45, 7) is 2.02. The number of anilines is 1. The van der Waals surface area contributed by atoms with Gasteiger partial charge in [-0.25, -0.2) is 9.97 Å². The Labute approximate surface area is 147 Å². The number of aromatic nitrogens is 5. The Hall–Kier alpha value is -3.19. The van der Waals surface area contributed by atoms with Crippen LogP contribution in [0.3, 0.4) is 0 Å². The van der Waals surface area contributed by atoms with Gasteiger partial charge < -0.3 is 10.3 Å². The van der Waals surface area contributed by atoms with Crippen LogP contribution < -0.4 is 5.32 Å². The molecule has 4 aromatic rings. The molecule has 0 aliphatic carbocycles. The van der Waals surface area contributed by atoms with Crippen LogP contribution in [0, 0.1) is 6.92 Å². The van der Waals surface area contributed by atoms with E-state index in [1.54, 1.807) is 18.2 Å². The third-order valence-electron chi connectivity index (χ3n) is 3.70. The highest BCUT2D eigenvalue weighted by atomic mass is 35.5. The summed E-state index contributed by atoms with van der Waals surface area (Å²) in [6, 6.07) is 10.9. The quantitative estimate of drug-likeness (QED) is 0.491. The molecule has 1 aromatic carbocycles. The molecule has 25 heavy (non-hydrogen) atoms. The van der Waals surface area contributed by atoms with Crippen molar-refractivity contribution in [3.8, 4) is 11.5 Å². The molecule has 0 saturated heterocycles. The van der Waals surface area contributed by atoms with E-state index in [9.17, 15) is 4.79 Å². The van der Waals surface area contributed by atoms with Crippen molar-refractivity contribution in [3.05, 3.63) is 58.9 Å². The first-order valence-corrected chi connectivity index (χ1v) is 7.91. The predicted molar refractivity (Wildman–Crippen MR) is 95.6 cm³/mol.